The molecule has 1 aliphatic rings. The molecule has 0 aliphatic carbocycles. The van der Waals surface area contributed by atoms with Crippen LogP contribution in [0.5, 0.6) is 0 Å². The van der Waals surface area contributed by atoms with Crippen molar-refractivity contribution in [2.24, 2.45) is 0 Å². The maximum Gasteiger partial charge on any atom is 0.129 e. The average Bonchev–Trinajstić information content (AvgIpc) is 2.71. The number of hydrogen-bond donors (Lipinski definition) is 0. The van der Waals surface area contributed by atoms with Crippen LogP contribution in [0.25, 0.3) is 0 Å². The summed E-state index contributed by atoms with van der Waals surface area (Å²) in [6.07, 6.45) is 0.779. The van der Waals surface area contributed by atoms with Gasteiger partial charge in [0.05, 0.1) is 6.17 Å². The molecule has 0 spiro atoms. The van der Waals surface area contributed by atoms with Gasteiger partial charge in [-0.25, -0.2) is 8.78 Å². The van der Waals surface area contributed by atoms with Gasteiger partial charge in [0.1, 0.15) is 11.6 Å². The van der Waals surface area contributed by atoms with Gasteiger partial charge in [-0.15, -0.1) is 0 Å². The molecule has 0 aromatic heterocycles. The van der Waals surface area contributed by atoms with Crippen LogP contribution in [-0.4, -0.2) is 22.9 Å². The van der Waals surface area contributed by atoms with E-state index in [0.29, 0.717) is 23.7 Å². The predicted octanol–water partition coefficient (Wildman–Crippen LogP) is 6.02. The summed E-state index contributed by atoms with van der Waals surface area (Å²) in [6, 6.07) is 21.3. The number of rotatable bonds is 5. The highest BCUT2D eigenvalue weighted by Gasteiger charge is 2.32. The molecular weight excluding hydrogens is 390 g/mol. The van der Waals surface area contributed by atoms with E-state index in [2.05, 4.69) is 9.80 Å². The smallest absolute Gasteiger partial charge is 0.129 e. The van der Waals surface area contributed by atoms with E-state index in [-0.39, 0.29) is 17.8 Å². The van der Waals surface area contributed by atoms with Crippen molar-refractivity contribution in [2.75, 3.05) is 13.1 Å². The molecule has 4 rings (SSSR count). The summed E-state index contributed by atoms with van der Waals surface area (Å²) in [5.41, 5.74) is 2.77. The van der Waals surface area contributed by atoms with Crippen molar-refractivity contribution >= 4 is 11.6 Å². The van der Waals surface area contributed by atoms with Crippen LogP contribution in [0.1, 0.15) is 29.3 Å². The SMILES string of the molecule is Fc1ccc(CN2CCCN(Cc3cccc(Cl)c3)[C@H]2c2ccccc2F)cc1. The Bertz CT molecular complexity index is 961. The molecule has 1 fully saturated rings. The first-order valence-electron chi connectivity index (χ1n) is 9.81. The molecule has 5 heteroatoms. The van der Waals surface area contributed by atoms with Gasteiger partial charge in [0.2, 0.25) is 0 Å². The molecule has 0 unspecified atom stereocenters. The minimum Gasteiger partial charge on any atom is -0.280 e. The van der Waals surface area contributed by atoms with E-state index in [1.165, 1.54) is 18.2 Å². The van der Waals surface area contributed by atoms with Crippen LogP contribution in [0.15, 0.2) is 72.8 Å². The molecule has 1 aliphatic heterocycles. The van der Waals surface area contributed by atoms with Crippen LogP contribution in [0, 0.1) is 11.6 Å². The topological polar surface area (TPSA) is 6.48 Å². The Labute approximate surface area is 175 Å². The molecule has 29 heavy (non-hydrogen) atoms. The summed E-state index contributed by atoms with van der Waals surface area (Å²) in [7, 11) is 0. The highest BCUT2D eigenvalue weighted by Crippen LogP contribution is 2.33. The monoisotopic (exact) mass is 412 g/mol. The minimum absolute atomic E-state index is 0.200. The van der Waals surface area contributed by atoms with Gasteiger partial charge in [-0.2, -0.15) is 0 Å². The Balaban J connectivity index is 1.66. The van der Waals surface area contributed by atoms with Gasteiger partial charge in [-0.3, -0.25) is 9.80 Å². The summed E-state index contributed by atoms with van der Waals surface area (Å²) in [4.78, 5) is 4.55. The first-order chi connectivity index (χ1) is 14.1. The lowest BCUT2D eigenvalue weighted by atomic mass is 10.0. The fourth-order valence-corrected chi connectivity index (χ4v) is 4.27. The number of benzene rings is 3. The van der Waals surface area contributed by atoms with Gasteiger partial charge in [-0.1, -0.05) is 54.1 Å². The van der Waals surface area contributed by atoms with E-state index in [0.717, 1.165) is 30.6 Å². The largest absolute Gasteiger partial charge is 0.280 e. The molecule has 1 saturated heterocycles. The second kappa shape index (κ2) is 9.04. The molecule has 3 aromatic rings. The van der Waals surface area contributed by atoms with Crippen LogP contribution in [0.3, 0.4) is 0 Å². The Morgan fingerprint density at radius 2 is 1.48 bits per heavy atom. The van der Waals surface area contributed by atoms with Crippen molar-refractivity contribution < 1.29 is 8.78 Å². The van der Waals surface area contributed by atoms with E-state index in [9.17, 15) is 8.78 Å². The van der Waals surface area contributed by atoms with Gasteiger partial charge in [0, 0.05) is 36.8 Å². The fraction of sp³-hybridized carbons (Fsp3) is 0.250. The summed E-state index contributed by atoms with van der Waals surface area (Å²) in [5, 5.41) is 0.699. The first-order valence-corrected chi connectivity index (χ1v) is 10.2. The number of nitrogens with zero attached hydrogens (tertiary/aromatic N) is 2. The summed E-state index contributed by atoms with van der Waals surface area (Å²) in [5.74, 6) is -0.458. The second-order valence-electron chi connectivity index (χ2n) is 7.45. The maximum absolute atomic E-state index is 14.8. The third kappa shape index (κ3) is 4.84. The van der Waals surface area contributed by atoms with Crippen LogP contribution in [-0.2, 0) is 13.1 Å². The molecule has 0 radical (unpaired) electrons. The molecule has 1 atom stereocenters. The van der Waals surface area contributed by atoms with Gasteiger partial charge < -0.3 is 0 Å². The maximum atomic E-state index is 14.8. The molecule has 0 saturated carbocycles. The lowest BCUT2D eigenvalue weighted by molar-refractivity contribution is -0.0111. The first kappa shape index (κ1) is 20.0. The van der Waals surface area contributed by atoms with Crippen LogP contribution < -0.4 is 0 Å². The highest BCUT2D eigenvalue weighted by molar-refractivity contribution is 6.30. The summed E-state index contributed by atoms with van der Waals surface area (Å²) < 4.78 is 28.1. The van der Waals surface area contributed by atoms with Gasteiger partial charge in [-0.05, 0) is 47.9 Å². The standard InChI is InChI=1S/C24H23ClF2N2/c25-20-6-3-5-19(15-20)17-29-14-4-13-28(16-18-9-11-21(26)12-10-18)24(29)22-7-1-2-8-23(22)27/h1-3,5-12,15,24H,4,13-14,16-17H2/t24-/m0/s1. The zero-order valence-corrected chi connectivity index (χ0v) is 16.8. The third-order valence-electron chi connectivity index (χ3n) is 5.34. The van der Waals surface area contributed by atoms with Crippen molar-refractivity contribution in [1.29, 1.82) is 0 Å². The number of halogens is 3. The molecule has 0 bridgehead atoms. The lowest BCUT2D eigenvalue weighted by Gasteiger charge is -2.44. The van der Waals surface area contributed by atoms with Crippen molar-refractivity contribution in [1.82, 2.24) is 9.80 Å². The van der Waals surface area contributed by atoms with Crippen molar-refractivity contribution in [3.63, 3.8) is 0 Å². The molecule has 1 heterocycles. The molecule has 2 nitrogen and oxygen atoms in total. The highest BCUT2D eigenvalue weighted by atomic mass is 35.5. The Kier molecular flexibility index (Phi) is 6.24. The van der Waals surface area contributed by atoms with E-state index in [1.807, 2.05) is 36.4 Å². The van der Waals surface area contributed by atoms with E-state index < -0.39 is 0 Å². The van der Waals surface area contributed by atoms with Crippen molar-refractivity contribution in [3.8, 4) is 0 Å². The fourth-order valence-electron chi connectivity index (χ4n) is 4.06. The Morgan fingerprint density at radius 3 is 2.17 bits per heavy atom. The molecular formula is C24H23ClF2N2. The molecule has 0 N–H and O–H groups in total. The molecule has 150 valence electrons. The van der Waals surface area contributed by atoms with E-state index in [4.69, 9.17) is 11.6 Å². The normalized spacial score (nSPS) is 18.1. The van der Waals surface area contributed by atoms with Crippen LogP contribution >= 0.6 is 11.6 Å². The lowest BCUT2D eigenvalue weighted by Crippen LogP contribution is -2.47. The Morgan fingerprint density at radius 1 is 0.793 bits per heavy atom. The van der Waals surface area contributed by atoms with E-state index >= 15 is 0 Å². The predicted molar refractivity (Wildman–Crippen MR) is 112 cm³/mol. The average molecular weight is 413 g/mol. The van der Waals surface area contributed by atoms with Gasteiger partial charge in [0.25, 0.3) is 0 Å². The van der Waals surface area contributed by atoms with Crippen molar-refractivity contribution in [2.45, 2.75) is 25.7 Å². The quantitative estimate of drug-likeness (QED) is 0.505. The third-order valence-corrected chi connectivity index (χ3v) is 5.57. The second-order valence-corrected chi connectivity index (χ2v) is 7.88. The number of hydrogen-bond acceptors (Lipinski definition) is 2. The molecule has 0 amide bonds. The van der Waals surface area contributed by atoms with E-state index in [1.54, 1.807) is 18.2 Å². The van der Waals surface area contributed by atoms with Crippen molar-refractivity contribution in [3.05, 3.63) is 106 Å². The zero-order valence-electron chi connectivity index (χ0n) is 16.1. The summed E-state index contributed by atoms with van der Waals surface area (Å²) >= 11 is 6.17. The van der Waals surface area contributed by atoms with Crippen LogP contribution in [0.4, 0.5) is 8.78 Å². The summed E-state index contributed by atoms with van der Waals surface area (Å²) in [6.45, 7) is 3.03. The zero-order chi connectivity index (χ0) is 20.2. The van der Waals surface area contributed by atoms with Gasteiger partial charge >= 0.3 is 0 Å². The Hall–Kier alpha value is -2.27. The minimum atomic E-state index is -0.249. The van der Waals surface area contributed by atoms with Gasteiger partial charge in [0.15, 0.2) is 0 Å². The molecule has 3 aromatic carbocycles. The van der Waals surface area contributed by atoms with Crippen LogP contribution in [0.2, 0.25) is 5.02 Å².